The molecule has 1 aliphatic rings. The molecule has 1 aromatic carbocycles. The highest BCUT2D eigenvalue weighted by Crippen LogP contribution is 2.12. The number of aromatic hydroxyl groups is 1. The van der Waals surface area contributed by atoms with E-state index in [0.29, 0.717) is 5.56 Å². The lowest BCUT2D eigenvalue weighted by Crippen LogP contribution is -2.48. The molecule has 0 bridgehead atoms. The van der Waals surface area contributed by atoms with Gasteiger partial charge in [0.15, 0.2) is 0 Å². The van der Waals surface area contributed by atoms with Crippen LogP contribution in [0.4, 0.5) is 0 Å². The van der Waals surface area contributed by atoms with Gasteiger partial charge < -0.3 is 26.2 Å². The number of rotatable bonds is 2. The molecule has 0 aliphatic carbocycles. The molecule has 1 saturated heterocycles. The number of hydrogen-bond donors (Lipinski definition) is 5. The van der Waals surface area contributed by atoms with Crippen LogP contribution in [0.1, 0.15) is 5.56 Å². The fraction of sp³-hybridized carbons (Fsp3) is 0.214. The number of nitrogens with one attached hydrogen (secondary N) is 3. The van der Waals surface area contributed by atoms with E-state index in [2.05, 4.69) is 16.0 Å². The van der Waals surface area contributed by atoms with Gasteiger partial charge in [0.2, 0.25) is 11.8 Å². The molecule has 22 heavy (non-hydrogen) atoms. The summed E-state index contributed by atoms with van der Waals surface area (Å²) in [6.07, 6.45) is 1.40. The number of aliphatic hydroxyl groups is 1. The fourth-order valence-corrected chi connectivity index (χ4v) is 1.81. The molecule has 1 aliphatic heterocycles. The molecule has 3 amide bonds. The van der Waals surface area contributed by atoms with E-state index in [4.69, 9.17) is 5.11 Å². The van der Waals surface area contributed by atoms with Gasteiger partial charge in [-0.3, -0.25) is 14.4 Å². The van der Waals surface area contributed by atoms with Crippen molar-refractivity contribution in [1.29, 1.82) is 0 Å². The van der Waals surface area contributed by atoms with Crippen molar-refractivity contribution in [2.24, 2.45) is 0 Å². The van der Waals surface area contributed by atoms with E-state index in [1.54, 1.807) is 12.1 Å². The van der Waals surface area contributed by atoms with Gasteiger partial charge in [0.25, 0.3) is 5.91 Å². The lowest BCUT2D eigenvalue weighted by molar-refractivity contribution is -0.128. The summed E-state index contributed by atoms with van der Waals surface area (Å²) in [5.41, 5.74) is 0.507. The smallest absolute Gasteiger partial charge is 0.268 e. The molecule has 1 atom stereocenters. The molecule has 0 unspecified atom stereocenters. The van der Waals surface area contributed by atoms with E-state index >= 15 is 0 Å². The zero-order valence-corrected chi connectivity index (χ0v) is 11.5. The maximum atomic E-state index is 12.0. The SMILES string of the molecule is O=C1CNC(=O)/C(=C/c2ccc(O)cc2)NC(=O)[C@H](CO)N1. The Labute approximate surface area is 125 Å². The Balaban J connectivity index is 2.30. The zero-order chi connectivity index (χ0) is 16.1. The van der Waals surface area contributed by atoms with Gasteiger partial charge in [-0.15, -0.1) is 0 Å². The Kier molecular flexibility index (Phi) is 4.74. The average Bonchev–Trinajstić information content (AvgIpc) is 2.55. The summed E-state index contributed by atoms with van der Waals surface area (Å²) in [6.45, 7) is -0.893. The average molecular weight is 305 g/mol. The van der Waals surface area contributed by atoms with Crippen LogP contribution in [0.15, 0.2) is 30.0 Å². The van der Waals surface area contributed by atoms with Crippen LogP contribution >= 0.6 is 0 Å². The number of phenolic OH excluding ortho intramolecular Hbond substituents is 1. The largest absolute Gasteiger partial charge is 0.508 e. The zero-order valence-electron chi connectivity index (χ0n) is 11.5. The van der Waals surface area contributed by atoms with Crippen molar-refractivity contribution >= 4 is 23.8 Å². The summed E-state index contributed by atoms with van der Waals surface area (Å²) in [6, 6.07) is 4.84. The van der Waals surface area contributed by atoms with Crippen LogP contribution in [0.2, 0.25) is 0 Å². The van der Waals surface area contributed by atoms with E-state index in [-0.39, 0.29) is 18.0 Å². The number of carbonyl (C=O) groups is 3. The standard InChI is InChI=1S/C14H15N3O5/c18-7-11-14(22)17-10(13(21)15-6-12(20)16-11)5-8-1-3-9(19)4-2-8/h1-5,11,18-19H,6-7H2,(H,15,21)(H,16,20)(H,17,22)/b10-5-/t11-/m0/s1. The van der Waals surface area contributed by atoms with Gasteiger partial charge in [-0.05, 0) is 23.8 Å². The number of phenols is 1. The third kappa shape index (κ3) is 3.83. The number of amides is 3. The summed E-state index contributed by atoms with van der Waals surface area (Å²) in [5, 5.41) is 25.4. The van der Waals surface area contributed by atoms with Gasteiger partial charge in [0, 0.05) is 0 Å². The third-order valence-electron chi connectivity index (χ3n) is 2.95. The van der Waals surface area contributed by atoms with Gasteiger partial charge in [-0.25, -0.2) is 0 Å². The molecule has 8 nitrogen and oxygen atoms in total. The quantitative estimate of drug-likeness (QED) is 0.423. The van der Waals surface area contributed by atoms with Crippen molar-refractivity contribution in [1.82, 2.24) is 16.0 Å². The topological polar surface area (TPSA) is 128 Å². The second kappa shape index (κ2) is 6.72. The monoisotopic (exact) mass is 305 g/mol. The van der Waals surface area contributed by atoms with Gasteiger partial charge >= 0.3 is 0 Å². The van der Waals surface area contributed by atoms with E-state index in [0.717, 1.165) is 0 Å². The molecule has 5 N–H and O–H groups in total. The van der Waals surface area contributed by atoms with Crippen molar-refractivity contribution in [3.63, 3.8) is 0 Å². The highest BCUT2D eigenvalue weighted by Gasteiger charge is 2.25. The van der Waals surface area contributed by atoms with E-state index in [1.807, 2.05) is 0 Å². The first kappa shape index (κ1) is 15.5. The van der Waals surface area contributed by atoms with Crippen LogP contribution in [0.5, 0.6) is 5.75 Å². The second-order valence-corrected chi connectivity index (χ2v) is 4.62. The van der Waals surface area contributed by atoms with Gasteiger partial charge in [-0.2, -0.15) is 0 Å². The van der Waals surface area contributed by atoms with Gasteiger partial charge in [0.05, 0.1) is 13.2 Å². The van der Waals surface area contributed by atoms with E-state index in [1.165, 1.54) is 18.2 Å². The molecule has 2 rings (SSSR count). The maximum absolute atomic E-state index is 12.0. The molecule has 0 radical (unpaired) electrons. The number of aliphatic hydroxyl groups excluding tert-OH is 1. The molecular formula is C14H15N3O5. The van der Waals surface area contributed by atoms with Crippen LogP contribution in [-0.2, 0) is 14.4 Å². The Morgan fingerprint density at radius 3 is 2.50 bits per heavy atom. The fourth-order valence-electron chi connectivity index (χ4n) is 1.81. The third-order valence-corrected chi connectivity index (χ3v) is 2.95. The minimum atomic E-state index is -1.14. The Morgan fingerprint density at radius 1 is 1.18 bits per heavy atom. The van der Waals surface area contributed by atoms with E-state index in [9.17, 15) is 19.5 Å². The lowest BCUT2D eigenvalue weighted by Gasteiger charge is -2.14. The second-order valence-electron chi connectivity index (χ2n) is 4.62. The minimum Gasteiger partial charge on any atom is -0.508 e. The van der Waals surface area contributed by atoms with Crippen LogP contribution in [0.3, 0.4) is 0 Å². The molecule has 1 aromatic rings. The predicted molar refractivity (Wildman–Crippen MR) is 76.3 cm³/mol. The molecule has 1 fully saturated rings. The Bertz CT molecular complexity index is 624. The molecule has 116 valence electrons. The van der Waals surface area contributed by atoms with Crippen molar-refractivity contribution in [2.45, 2.75) is 6.04 Å². The number of hydrogen-bond acceptors (Lipinski definition) is 5. The highest BCUT2D eigenvalue weighted by atomic mass is 16.3. The van der Waals surface area contributed by atoms with Crippen molar-refractivity contribution in [3.05, 3.63) is 35.5 Å². The van der Waals surface area contributed by atoms with Crippen LogP contribution < -0.4 is 16.0 Å². The van der Waals surface area contributed by atoms with Crippen LogP contribution in [-0.4, -0.2) is 47.1 Å². The summed E-state index contributed by atoms with van der Waals surface area (Å²) in [5.74, 6) is -1.83. The van der Waals surface area contributed by atoms with Crippen LogP contribution in [0, 0.1) is 0 Å². The molecule has 0 spiro atoms. The first-order chi connectivity index (χ1) is 10.5. The van der Waals surface area contributed by atoms with Gasteiger partial charge in [0.1, 0.15) is 17.5 Å². The number of benzene rings is 1. The minimum absolute atomic E-state index is 0.0642. The predicted octanol–water partition coefficient (Wildman–Crippen LogP) is -1.54. The van der Waals surface area contributed by atoms with Gasteiger partial charge in [-0.1, -0.05) is 12.1 Å². The summed E-state index contributed by atoms with van der Waals surface area (Å²) >= 11 is 0. The normalized spacial score (nSPS) is 21.2. The Morgan fingerprint density at radius 2 is 1.86 bits per heavy atom. The summed E-state index contributed by atoms with van der Waals surface area (Å²) < 4.78 is 0. The maximum Gasteiger partial charge on any atom is 0.268 e. The lowest BCUT2D eigenvalue weighted by atomic mass is 10.1. The van der Waals surface area contributed by atoms with Crippen molar-refractivity contribution in [3.8, 4) is 5.75 Å². The number of carbonyl (C=O) groups excluding carboxylic acids is 3. The summed E-state index contributed by atoms with van der Waals surface area (Å²) in [4.78, 5) is 35.4. The van der Waals surface area contributed by atoms with Crippen molar-refractivity contribution in [2.75, 3.05) is 13.2 Å². The van der Waals surface area contributed by atoms with E-state index < -0.39 is 30.4 Å². The molecule has 8 heteroatoms. The van der Waals surface area contributed by atoms with Crippen LogP contribution in [0.25, 0.3) is 6.08 Å². The highest BCUT2D eigenvalue weighted by molar-refractivity contribution is 6.04. The summed E-state index contributed by atoms with van der Waals surface area (Å²) in [7, 11) is 0. The molecule has 1 heterocycles. The first-order valence-corrected chi connectivity index (χ1v) is 6.49. The first-order valence-electron chi connectivity index (χ1n) is 6.49. The molecule has 0 aromatic heterocycles. The van der Waals surface area contributed by atoms with Crippen molar-refractivity contribution < 1.29 is 24.6 Å². The molecular weight excluding hydrogens is 290 g/mol. The Hall–Kier alpha value is -2.87. The molecule has 0 saturated carbocycles.